The number of aromatic nitrogens is 4. The molecule has 0 bridgehead atoms. The number of anilines is 2. The molecule has 142 valence electrons. The molecule has 1 fully saturated rings. The lowest BCUT2D eigenvalue weighted by molar-refractivity contribution is 0.0662. The molecule has 5 rings (SSSR count). The van der Waals surface area contributed by atoms with Gasteiger partial charge in [0, 0.05) is 25.5 Å². The summed E-state index contributed by atoms with van der Waals surface area (Å²) in [4.78, 5) is 10.0. The van der Waals surface area contributed by atoms with Gasteiger partial charge in [-0.05, 0) is 31.0 Å². The predicted octanol–water partition coefficient (Wildman–Crippen LogP) is 4.78. The Hall–Kier alpha value is -2.97. The lowest BCUT2D eigenvalue weighted by Gasteiger charge is -2.22. The molecule has 0 atom stereocenters. The van der Waals surface area contributed by atoms with Crippen molar-refractivity contribution in [2.24, 2.45) is 0 Å². The first-order valence-corrected chi connectivity index (χ1v) is 10.0. The van der Waals surface area contributed by atoms with Gasteiger partial charge in [0.25, 0.3) is 0 Å². The number of hydrogen-bond donors (Lipinski definition) is 1. The zero-order chi connectivity index (χ0) is 18.8. The molecule has 4 heterocycles. The molecule has 1 aromatic carbocycles. The highest BCUT2D eigenvalue weighted by Crippen LogP contribution is 2.30. The second kappa shape index (κ2) is 7.57. The van der Waals surface area contributed by atoms with Crippen LogP contribution in [0.2, 0.25) is 0 Å². The summed E-state index contributed by atoms with van der Waals surface area (Å²) in [7, 11) is 0. The number of pyridine rings is 1. The maximum Gasteiger partial charge on any atom is 0.220 e. The second-order valence-electron chi connectivity index (χ2n) is 6.59. The van der Waals surface area contributed by atoms with E-state index in [-0.39, 0.29) is 0 Å². The number of hydrogen-bond acceptors (Lipinski definition) is 7. The van der Waals surface area contributed by atoms with E-state index in [1.807, 2.05) is 59.5 Å². The van der Waals surface area contributed by atoms with E-state index in [1.165, 1.54) is 11.3 Å². The first kappa shape index (κ1) is 17.2. The Labute approximate surface area is 166 Å². The van der Waals surface area contributed by atoms with Crippen molar-refractivity contribution in [1.82, 2.24) is 19.7 Å². The highest BCUT2D eigenvalue weighted by molar-refractivity contribution is 7.21. The van der Waals surface area contributed by atoms with Crippen molar-refractivity contribution in [3.05, 3.63) is 54.9 Å². The van der Waals surface area contributed by atoms with E-state index in [4.69, 9.17) is 9.47 Å². The van der Waals surface area contributed by atoms with Crippen LogP contribution >= 0.6 is 11.3 Å². The number of nitrogens with zero attached hydrogens (tertiary/aromatic N) is 4. The Morgan fingerprint density at radius 3 is 2.79 bits per heavy atom. The van der Waals surface area contributed by atoms with Gasteiger partial charge in [0.15, 0.2) is 5.13 Å². The first-order chi connectivity index (χ1) is 13.8. The summed E-state index contributed by atoms with van der Waals surface area (Å²) < 4.78 is 13.2. The summed E-state index contributed by atoms with van der Waals surface area (Å²) in [6, 6.07) is 13.8. The van der Waals surface area contributed by atoms with E-state index in [0.717, 1.165) is 53.0 Å². The van der Waals surface area contributed by atoms with Crippen molar-refractivity contribution < 1.29 is 9.47 Å². The molecule has 0 unspecified atom stereocenters. The normalized spacial score (nSPS) is 15.0. The Morgan fingerprint density at radius 2 is 1.93 bits per heavy atom. The Morgan fingerprint density at radius 1 is 1.07 bits per heavy atom. The zero-order valence-electron chi connectivity index (χ0n) is 15.1. The van der Waals surface area contributed by atoms with Gasteiger partial charge in [-0.2, -0.15) is 5.10 Å². The van der Waals surface area contributed by atoms with Crippen LogP contribution in [0.15, 0.2) is 54.9 Å². The number of para-hydroxylation sites is 1. The predicted molar refractivity (Wildman–Crippen MR) is 109 cm³/mol. The molecule has 4 aromatic rings. The van der Waals surface area contributed by atoms with Crippen LogP contribution < -0.4 is 10.1 Å². The van der Waals surface area contributed by atoms with Gasteiger partial charge in [-0.3, -0.25) is 4.68 Å². The number of thiazole rings is 1. The van der Waals surface area contributed by atoms with Crippen molar-refractivity contribution in [3.63, 3.8) is 0 Å². The first-order valence-electron chi connectivity index (χ1n) is 9.23. The molecule has 3 aromatic heterocycles. The molecule has 0 amide bonds. The van der Waals surface area contributed by atoms with Crippen LogP contribution in [0.4, 0.5) is 10.8 Å². The minimum atomic E-state index is 0.402. The molecule has 0 radical (unpaired) electrons. The third kappa shape index (κ3) is 3.69. The molecule has 0 spiro atoms. The minimum Gasteiger partial charge on any atom is -0.439 e. The van der Waals surface area contributed by atoms with Crippen LogP contribution in [0.5, 0.6) is 11.6 Å². The van der Waals surface area contributed by atoms with Crippen molar-refractivity contribution in [2.45, 2.75) is 18.9 Å². The van der Waals surface area contributed by atoms with Crippen molar-refractivity contribution in [3.8, 4) is 11.6 Å². The largest absolute Gasteiger partial charge is 0.439 e. The summed E-state index contributed by atoms with van der Waals surface area (Å²) in [5.41, 5.74) is 1.76. The fraction of sp³-hybridized carbons (Fsp3) is 0.250. The van der Waals surface area contributed by atoms with E-state index < -0.39 is 0 Å². The van der Waals surface area contributed by atoms with Gasteiger partial charge in [0.2, 0.25) is 5.88 Å². The standard InChI is InChI=1S/C20H19N5O2S/c1-2-4-16(5-3-1)27-18-7-6-17-19(24-18)28-20(23-17)22-14-12-21-25(13-14)15-8-10-26-11-9-15/h1-7,12-13,15H,8-11H2,(H,22,23). The molecule has 0 aliphatic carbocycles. The molecule has 1 saturated heterocycles. The van der Waals surface area contributed by atoms with E-state index in [1.54, 1.807) is 0 Å². The molecular weight excluding hydrogens is 374 g/mol. The number of rotatable bonds is 5. The molecule has 1 aliphatic rings. The van der Waals surface area contributed by atoms with Crippen LogP contribution in [0.25, 0.3) is 10.3 Å². The van der Waals surface area contributed by atoms with E-state index >= 15 is 0 Å². The lowest BCUT2D eigenvalue weighted by Crippen LogP contribution is -2.19. The topological polar surface area (TPSA) is 74.1 Å². The fourth-order valence-corrected chi connectivity index (χ4v) is 4.05. The molecule has 8 heteroatoms. The molecule has 28 heavy (non-hydrogen) atoms. The third-order valence-corrected chi connectivity index (χ3v) is 5.49. The van der Waals surface area contributed by atoms with Gasteiger partial charge >= 0.3 is 0 Å². The van der Waals surface area contributed by atoms with E-state index in [9.17, 15) is 0 Å². The lowest BCUT2D eigenvalue weighted by atomic mass is 10.1. The van der Waals surface area contributed by atoms with E-state index in [0.29, 0.717) is 11.9 Å². The van der Waals surface area contributed by atoms with Gasteiger partial charge in [-0.1, -0.05) is 29.5 Å². The van der Waals surface area contributed by atoms with Gasteiger partial charge in [-0.15, -0.1) is 0 Å². The minimum absolute atomic E-state index is 0.402. The van der Waals surface area contributed by atoms with Crippen molar-refractivity contribution >= 4 is 32.5 Å². The third-order valence-electron chi connectivity index (χ3n) is 4.61. The Balaban J connectivity index is 1.32. The molecule has 1 N–H and O–H groups in total. The molecule has 7 nitrogen and oxygen atoms in total. The van der Waals surface area contributed by atoms with E-state index in [2.05, 4.69) is 20.4 Å². The van der Waals surface area contributed by atoms with Crippen LogP contribution in [0.1, 0.15) is 18.9 Å². The summed E-state index contributed by atoms with van der Waals surface area (Å²) in [5, 5.41) is 8.61. The SMILES string of the molecule is c1ccc(Oc2ccc3nc(Nc4cnn(C5CCOCC5)c4)sc3n2)cc1. The Bertz CT molecular complexity index is 1070. The number of ether oxygens (including phenoxy) is 2. The average Bonchev–Trinajstić information content (AvgIpc) is 3.36. The van der Waals surface area contributed by atoms with Gasteiger partial charge < -0.3 is 14.8 Å². The summed E-state index contributed by atoms with van der Waals surface area (Å²) in [5.74, 6) is 1.32. The Kier molecular flexibility index (Phi) is 4.64. The fourth-order valence-electron chi connectivity index (χ4n) is 3.20. The molecule has 1 aliphatic heterocycles. The van der Waals surface area contributed by atoms with Crippen molar-refractivity contribution in [1.29, 1.82) is 0 Å². The summed E-state index contributed by atoms with van der Waals surface area (Å²) >= 11 is 1.49. The zero-order valence-corrected chi connectivity index (χ0v) is 15.9. The highest BCUT2D eigenvalue weighted by atomic mass is 32.1. The van der Waals surface area contributed by atoms with Gasteiger partial charge in [0.1, 0.15) is 16.1 Å². The quantitative estimate of drug-likeness (QED) is 0.526. The molecule has 0 saturated carbocycles. The molecular formula is C20H19N5O2S. The summed E-state index contributed by atoms with van der Waals surface area (Å²) in [6.45, 7) is 1.59. The van der Waals surface area contributed by atoms with Gasteiger partial charge in [-0.25, -0.2) is 9.97 Å². The van der Waals surface area contributed by atoms with Gasteiger partial charge in [0.05, 0.1) is 17.9 Å². The monoisotopic (exact) mass is 393 g/mol. The number of fused-ring (bicyclic) bond motifs is 1. The van der Waals surface area contributed by atoms with Crippen LogP contribution in [0, 0.1) is 0 Å². The van der Waals surface area contributed by atoms with Crippen molar-refractivity contribution in [2.75, 3.05) is 18.5 Å². The van der Waals surface area contributed by atoms with Crippen LogP contribution in [0.3, 0.4) is 0 Å². The maximum absolute atomic E-state index is 5.81. The average molecular weight is 393 g/mol. The smallest absolute Gasteiger partial charge is 0.220 e. The maximum atomic E-state index is 5.81. The number of nitrogens with one attached hydrogen (secondary N) is 1. The number of benzene rings is 1. The van der Waals surface area contributed by atoms with Crippen LogP contribution in [-0.4, -0.2) is 33.0 Å². The highest BCUT2D eigenvalue weighted by Gasteiger charge is 2.17. The summed E-state index contributed by atoms with van der Waals surface area (Å²) in [6.07, 6.45) is 5.85. The second-order valence-corrected chi connectivity index (χ2v) is 7.56. The van der Waals surface area contributed by atoms with Crippen LogP contribution in [-0.2, 0) is 4.74 Å².